The third-order valence-corrected chi connectivity index (χ3v) is 10.9. The Kier molecular flexibility index (Phi) is 6.39. The molecule has 0 N–H and O–H groups in total. The lowest BCUT2D eigenvalue weighted by molar-refractivity contribution is 0.670. The number of fused-ring (bicyclic) bond motifs is 8. The highest BCUT2D eigenvalue weighted by atomic mass is 32.1. The Morgan fingerprint density at radius 1 is 0.367 bits per heavy atom. The van der Waals surface area contributed by atoms with E-state index in [1.165, 1.54) is 42.1 Å². The summed E-state index contributed by atoms with van der Waals surface area (Å²) in [6.07, 6.45) is 0. The van der Waals surface area contributed by atoms with Crippen LogP contribution in [0, 0.1) is 0 Å². The predicted molar refractivity (Wildman–Crippen MR) is 210 cm³/mol. The van der Waals surface area contributed by atoms with Crippen LogP contribution in [0.1, 0.15) is 0 Å². The maximum Gasteiger partial charge on any atom is 0.143 e. The van der Waals surface area contributed by atoms with Gasteiger partial charge in [0.2, 0.25) is 0 Å². The molecule has 0 amide bonds. The molecule has 2 nitrogen and oxygen atoms in total. The van der Waals surface area contributed by atoms with Crippen molar-refractivity contribution in [2.24, 2.45) is 0 Å². The zero-order chi connectivity index (χ0) is 32.3. The predicted octanol–water partition coefficient (Wildman–Crippen LogP) is 13.9. The standard InChI is InChI=1S/C46H29NOS/c1-2-10-32(11-3-1)47(34-26-22-31(23-27-34)36-15-9-16-40-38-12-4-6-18-43(38)48-45(36)40)33-24-20-30(21-25-33)35-14-8-17-41-37(35)28-29-42-39-13-5-7-19-44(39)49-46(41)42/h1-29H. The molecule has 0 saturated heterocycles. The molecule has 0 unspecified atom stereocenters. The molecule has 3 heteroatoms. The van der Waals surface area contributed by atoms with Gasteiger partial charge in [-0.25, -0.2) is 0 Å². The summed E-state index contributed by atoms with van der Waals surface area (Å²) in [5.41, 5.74) is 9.83. The number of rotatable bonds is 5. The third-order valence-electron chi connectivity index (χ3n) is 9.69. The smallest absolute Gasteiger partial charge is 0.143 e. The van der Waals surface area contributed by atoms with Crippen LogP contribution in [-0.4, -0.2) is 0 Å². The van der Waals surface area contributed by atoms with Crippen molar-refractivity contribution >= 4 is 81.3 Å². The maximum absolute atomic E-state index is 6.35. The van der Waals surface area contributed by atoms with E-state index in [2.05, 4.69) is 169 Å². The first-order valence-corrected chi connectivity index (χ1v) is 17.4. The lowest BCUT2D eigenvalue weighted by atomic mass is 9.96. The monoisotopic (exact) mass is 643 g/mol. The minimum absolute atomic E-state index is 0.914. The molecule has 2 heterocycles. The number of anilines is 3. The van der Waals surface area contributed by atoms with Gasteiger partial charge in [-0.3, -0.25) is 0 Å². The van der Waals surface area contributed by atoms with Crippen LogP contribution in [0.3, 0.4) is 0 Å². The zero-order valence-electron chi connectivity index (χ0n) is 26.5. The molecule has 0 atom stereocenters. The Balaban J connectivity index is 1.04. The lowest BCUT2D eigenvalue weighted by Gasteiger charge is -2.26. The van der Waals surface area contributed by atoms with E-state index < -0.39 is 0 Å². The number of hydrogen-bond donors (Lipinski definition) is 0. The highest BCUT2D eigenvalue weighted by molar-refractivity contribution is 7.26. The van der Waals surface area contributed by atoms with Crippen LogP contribution < -0.4 is 4.90 Å². The molecule has 49 heavy (non-hydrogen) atoms. The Bertz CT molecular complexity index is 2810. The van der Waals surface area contributed by atoms with Crippen LogP contribution in [0.15, 0.2) is 180 Å². The van der Waals surface area contributed by atoms with Crippen LogP contribution in [0.5, 0.6) is 0 Å². The molecule has 0 aliphatic carbocycles. The second kappa shape index (κ2) is 11.2. The third kappa shape index (κ3) is 4.55. The van der Waals surface area contributed by atoms with Crippen molar-refractivity contribution in [1.82, 2.24) is 0 Å². The molecule has 230 valence electrons. The summed E-state index contributed by atoms with van der Waals surface area (Å²) in [7, 11) is 0. The van der Waals surface area contributed by atoms with E-state index in [4.69, 9.17) is 4.42 Å². The summed E-state index contributed by atoms with van der Waals surface area (Å²) in [4.78, 5) is 2.32. The van der Waals surface area contributed by atoms with Gasteiger partial charge in [0.25, 0.3) is 0 Å². The minimum atomic E-state index is 0.914. The van der Waals surface area contributed by atoms with E-state index in [-0.39, 0.29) is 0 Å². The summed E-state index contributed by atoms with van der Waals surface area (Å²) in [5, 5.41) is 7.54. The SMILES string of the molecule is c1ccc(N(c2ccc(-c3cccc4c3ccc3c5ccccc5sc43)cc2)c2ccc(-c3cccc4c3oc3ccccc34)cc2)cc1. The molecule has 0 fully saturated rings. The van der Waals surface area contributed by atoms with E-state index in [1.54, 1.807) is 0 Å². The van der Waals surface area contributed by atoms with Crippen molar-refractivity contribution in [3.05, 3.63) is 176 Å². The van der Waals surface area contributed by atoms with Gasteiger partial charge in [-0.05, 0) is 70.6 Å². The molecule has 10 rings (SSSR count). The summed E-state index contributed by atoms with van der Waals surface area (Å²) < 4.78 is 9.04. The largest absolute Gasteiger partial charge is 0.455 e. The molecule has 0 radical (unpaired) electrons. The van der Waals surface area contributed by atoms with Gasteiger partial charge < -0.3 is 9.32 Å². The van der Waals surface area contributed by atoms with Gasteiger partial charge in [0.15, 0.2) is 0 Å². The fraction of sp³-hybridized carbons (Fsp3) is 0. The number of furan rings is 1. The first-order valence-electron chi connectivity index (χ1n) is 16.6. The highest BCUT2D eigenvalue weighted by Gasteiger charge is 2.16. The van der Waals surface area contributed by atoms with Crippen molar-refractivity contribution in [2.45, 2.75) is 0 Å². The fourth-order valence-electron chi connectivity index (χ4n) is 7.37. The molecule has 0 saturated carbocycles. The second-order valence-corrected chi connectivity index (χ2v) is 13.5. The molecule has 0 aliphatic heterocycles. The number of thiophene rings is 1. The molecule has 2 aromatic heterocycles. The summed E-state index contributed by atoms with van der Waals surface area (Å²) in [6.45, 7) is 0. The second-order valence-electron chi connectivity index (χ2n) is 12.5. The Hall–Kier alpha value is -6.16. The van der Waals surface area contributed by atoms with Crippen LogP contribution >= 0.6 is 11.3 Å². The van der Waals surface area contributed by atoms with Gasteiger partial charge in [0.05, 0.1) is 0 Å². The summed E-state index contributed by atoms with van der Waals surface area (Å²) in [5.74, 6) is 0. The molecular formula is C46H29NOS. The van der Waals surface area contributed by atoms with Gasteiger partial charge in [0, 0.05) is 59.0 Å². The van der Waals surface area contributed by atoms with Gasteiger partial charge in [0.1, 0.15) is 11.2 Å². The van der Waals surface area contributed by atoms with Crippen molar-refractivity contribution in [1.29, 1.82) is 0 Å². The fourth-order valence-corrected chi connectivity index (χ4v) is 8.60. The normalized spacial score (nSPS) is 11.7. The zero-order valence-corrected chi connectivity index (χ0v) is 27.3. The maximum atomic E-state index is 6.35. The lowest BCUT2D eigenvalue weighted by Crippen LogP contribution is -2.09. The van der Waals surface area contributed by atoms with Gasteiger partial charge in [-0.15, -0.1) is 11.3 Å². The molecule has 10 aromatic rings. The molecule has 8 aromatic carbocycles. The molecular weight excluding hydrogens is 615 g/mol. The highest BCUT2D eigenvalue weighted by Crippen LogP contribution is 2.42. The van der Waals surface area contributed by atoms with Gasteiger partial charge in [-0.2, -0.15) is 0 Å². The van der Waals surface area contributed by atoms with E-state index in [0.29, 0.717) is 0 Å². The summed E-state index contributed by atoms with van der Waals surface area (Å²) >= 11 is 1.89. The van der Waals surface area contributed by atoms with E-state index in [1.807, 2.05) is 23.5 Å². The number of hydrogen-bond acceptors (Lipinski definition) is 3. The van der Waals surface area contributed by atoms with E-state index in [9.17, 15) is 0 Å². The number of nitrogens with zero attached hydrogens (tertiary/aromatic N) is 1. The first kappa shape index (κ1) is 27.9. The minimum Gasteiger partial charge on any atom is -0.455 e. The van der Waals surface area contributed by atoms with Crippen LogP contribution in [0.2, 0.25) is 0 Å². The summed E-state index contributed by atoms with van der Waals surface area (Å²) in [6, 6.07) is 63.1. The van der Waals surface area contributed by atoms with Gasteiger partial charge >= 0.3 is 0 Å². The van der Waals surface area contributed by atoms with Crippen LogP contribution in [-0.2, 0) is 0 Å². The van der Waals surface area contributed by atoms with Crippen molar-refractivity contribution < 1.29 is 4.42 Å². The van der Waals surface area contributed by atoms with E-state index >= 15 is 0 Å². The quantitative estimate of drug-likeness (QED) is 0.186. The number of para-hydroxylation sites is 3. The number of benzene rings is 8. The molecule has 0 bridgehead atoms. The van der Waals surface area contributed by atoms with E-state index in [0.717, 1.165) is 50.1 Å². The Morgan fingerprint density at radius 3 is 1.69 bits per heavy atom. The average Bonchev–Trinajstić information content (AvgIpc) is 3.75. The Morgan fingerprint density at radius 2 is 0.918 bits per heavy atom. The molecule has 0 aliphatic rings. The van der Waals surface area contributed by atoms with Gasteiger partial charge in [-0.1, -0.05) is 127 Å². The van der Waals surface area contributed by atoms with Crippen molar-refractivity contribution in [2.75, 3.05) is 4.90 Å². The average molecular weight is 644 g/mol. The first-order chi connectivity index (χ1) is 24.3. The van der Waals surface area contributed by atoms with Crippen LogP contribution in [0.25, 0.3) is 75.1 Å². The van der Waals surface area contributed by atoms with Crippen molar-refractivity contribution in [3.8, 4) is 22.3 Å². The van der Waals surface area contributed by atoms with Crippen molar-refractivity contribution in [3.63, 3.8) is 0 Å². The van der Waals surface area contributed by atoms with Crippen LogP contribution in [0.4, 0.5) is 17.1 Å². The topological polar surface area (TPSA) is 16.4 Å². The molecule has 0 spiro atoms. The Labute approximate surface area is 287 Å².